The Kier molecular flexibility index (Phi) is 4.91. The van der Waals surface area contributed by atoms with Gasteiger partial charge in [0, 0.05) is 24.2 Å². The summed E-state index contributed by atoms with van der Waals surface area (Å²) in [4.78, 5) is 4.23. The molecule has 1 rings (SSSR count). The number of nitrogens with one attached hydrogen (secondary N) is 1. The molecule has 0 saturated heterocycles. The van der Waals surface area contributed by atoms with E-state index in [4.69, 9.17) is 0 Å². The van der Waals surface area contributed by atoms with Crippen LogP contribution in [0.25, 0.3) is 0 Å². The summed E-state index contributed by atoms with van der Waals surface area (Å²) in [6, 6.07) is 4.02. The SMILES string of the molecule is CNc1ccc(CSC(C)C(C)O)cn1. The molecule has 0 saturated carbocycles. The molecule has 0 spiro atoms. The molecule has 84 valence electrons. The fourth-order valence-corrected chi connectivity index (χ4v) is 1.93. The van der Waals surface area contributed by atoms with E-state index >= 15 is 0 Å². The average Bonchev–Trinajstić information content (AvgIpc) is 2.26. The van der Waals surface area contributed by atoms with Crippen molar-refractivity contribution in [2.45, 2.75) is 31.0 Å². The summed E-state index contributed by atoms with van der Waals surface area (Å²) in [5.74, 6) is 1.77. The number of hydrogen-bond acceptors (Lipinski definition) is 4. The van der Waals surface area contributed by atoms with Crippen LogP contribution in [-0.2, 0) is 5.75 Å². The monoisotopic (exact) mass is 226 g/mol. The van der Waals surface area contributed by atoms with Gasteiger partial charge in [-0.15, -0.1) is 0 Å². The van der Waals surface area contributed by atoms with Crippen LogP contribution < -0.4 is 5.32 Å². The highest BCUT2D eigenvalue weighted by atomic mass is 32.2. The molecule has 0 bridgehead atoms. The van der Waals surface area contributed by atoms with E-state index in [1.54, 1.807) is 11.8 Å². The summed E-state index contributed by atoms with van der Waals surface area (Å²) >= 11 is 1.74. The molecule has 0 aliphatic rings. The maximum Gasteiger partial charge on any atom is 0.125 e. The minimum atomic E-state index is -0.264. The van der Waals surface area contributed by atoms with E-state index in [-0.39, 0.29) is 11.4 Å². The first-order valence-corrected chi connectivity index (χ1v) is 6.10. The Labute approximate surface area is 95.3 Å². The smallest absolute Gasteiger partial charge is 0.125 e. The Bertz CT molecular complexity index is 287. The van der Waals surface area contributed by atoms with Crippen molar-refractivity contribution in [2.24, 2.45) is 0 Å². The molecule has 4 heteroatoms. The van der Waals surface area contributed by atoms with Gasteiger partial charge in [0.1, 0.15) is 5.82 Å². The zero-order valence-electron chi connectivity index (χ0n) is 9.40. The summed E-state index contributed by atoms with van der Waals surface area (Å²) in [6.07, 6.45) is 1.60. The van der Waals surface area contributed by atoms with Crippen molar-refractivity contribution >= 4 is 17.6 Å². The molecule has 2 N–H and O–H groups in total. The number of nitrogens with zero attached hydrogens (tertiary/aromatic N) is 1. The first-order chi connectivity index (χ1) is 7.13. The van der Waals surface area contributed by atoms with E-state index in [0.29, 0.717) is 0 Å². The number of rotatable bonds is 5. The standard InChI is InChI=1S/C11H18N2OS/c1-8(14)9(2)15-7-10-4-5-11(12-3)13-6-10/h4-6,8-9,14H,7H2,1-3H3,(H,12,13). The fraction of sp³-hybridized carbons (Fsp3) is 0.545. The Hall–Kier alpha value is -0.740. The number of aromatic nitrogens is 1. The van der Waals surface area contributed by atoms with Crippen molar-refractivity contribution in [3.8, 4) is 0 Å². The second-order valence-corrected chi connectivity index (χ2v) is 4.92. The summed E-state index contributed by atoms with van der Waals surface area (Å²) < 4.78 is 0. The molecule has 1 heterocycles. The predicted molar refractivity (Wildman–Crippen MR) is 66.2 cm³/mol. The lowest BCUT2D eigenvalue weighted by Gasteiger charge is -2.13. The van der Waals surface area contributed by atoms with Crippen LogP contribution in [0.2, 0.25) is 0 Å². The molecule has 2 atom stereocenters. The number of pyridine rings is 1. The van der Waals surface area contributed by atoms with Gasteiger partial charge in [-0.3, -0.25) is 0 Å². The average molecular weight is 226 g/mol. The van der Waals surface area contributed by atoms with Crippen LogP contribution in [-0.4, -0.2) is 28.5 Å². The molecule has 2 unspecified atom stereocenters. The number of aliphatic hydroxyl groups excluding tert-OH is 1. The largest absolute Gasteiger partial charge is 0.392 e. The lowest BCUT2D eigenvalue weighted by Crippen LogP contribution is -2.15. The minimum absolute atomic E-state index is 0.258. The summed E-state index contributed by atoms with van der Waals surface area (Å²) in [5.41, 5.74) is 1.19. The Morgan fingerprint density at radius 1 is 1.47 bits per heavy atom. The lowest BCUT2D eigenvalue weighted by molar-refractivity contribution is 0.196. The molecule has 0 fully saturated rings. The third-order valence-electron chi connectivity index (χ3n) is 2.27. The van der Waals surface area contributed by atoms with E-state index in [0.717, 1.165) is 11.6 Å². The summed E-state index contributed by atoms with van der Waals surface area (Å²) in [7, 11) is 1.85. The van der Waals surface area contributed by atoms with Gasteiger partial charge >= 0.3 is 0 Å². The maximum absolute atomic E-state index is 9.33. The predicted octanol–water partition coefficient (Wildman–Crippen LogP) is 2.13. The van der Waals surface area contributed by atoms with Gasteiger partial charge in [0.25, 0.3) is 0 Å². The van der Waals surface area contributed by atoms with Crippen molar-refractivity contribution < 1.29 is 5.11 Å². The zero-order valence-corrected chi connectivity index (χ0v) is 10.2. The lowest BCUT2D eigenvalue weighted by atomic mass is 10.3. The van der Waals surface area contributed by atoms with E-state index in [2.05, 4.69) is 16.4 Å². The second-order valence-electron chi connectivity index (χ2n) is 3.56. The molecule has 0 amide bonds. The van der Waals surface area contributed by atoms with Gasteiger partial charge in [-0.1, -0.05) is 13.0 Å². The molecule has 3 nitrogen and oxygen atoms in total. The van der Waals surface area contributed by atoms with E-state index in [1.807, 2.05) is 33.2 Å². The van der Waals surface area contributed by atoms with Gasteiger partial charge in [-0.2, -0.15) is 11.8 Å². The van der Waals surface area contributed by atoms with E-state index < -0.39 is 0 Å². The molecule has 1 aromatic heterocycles. The quantitative estimate of drug-likeness (QED) is 0.807. The first kappa shape index (κ1) is 12.3. The van der Waals surface area contributed by atoms with Crippen molar-refractivity contribution in [2.75, 3.05) is 12.4 Å². The van der Waals surface area contributed by atoms with Crippen LogP contribution in [0.15, 0.2) is 18.3 Å². The molecule has 0 aliphatic carbocycles. The van der Waals surface area contributed by atoms with Crippen LogP contribution in [0, 0.1) is 0 Å². The minimum Gasteiger partial charge on any atom is -0.392 e. The molecule has 15 heavy (non-hydrogen) atoms. The third kappa shape index (κ3) is 4.10. The van der Waals surface area contributed by atoms with Crippen molar-refractivity contribution in [3.63, 3.8) is 0 Å². The summed E-state index contributed by atoms with van der Waals surface area (Å²) in [6.45, 7) is 3.85. The number of aliphatic hydroxyl groups is 1. The Morgan fingerprint density at radius 3 is 2.67 bits per heavy atom. The topological polar surface area (TPSA) is 45.1 Å². The number of anilines is 1. The van der Waals surface area contributed by atoms with Gasteiger partial charge in [-0.25, -0.2) is 4.98 Å². The Balaban J connectivity index is 2.44. The van der Waals surface area contributed by atoms with Crippen LogP contribution in [0.3, 0.4) is 0 Å². The number of hydrogen-bond donors (Lipinski definition) is 2. The van der Waals surface area contributed by atoms with Gasteiger partial charge in [0.2, 0.25) is 0 Å². The van der Waals surface area contributed by atoms with Crippen molar-refractivity contribution in [1.29, 1.82) is 0 Å². The van der Waals surface area contributed by atoms with Gasteiger partial charge in [0.05, 0.1) is 6.10 Å². The van der Waals surface area contributed by atoms with Gasteiger partial charge < -0.3 is 10.4 Å². The van der Waals surface area contributed by atoms with Gasteiger partial charge in [-0.05, 0) is 18.6 Å². The molecule has 1 aromatic rings. The fourth-order valence-electron chi connectivity index (χ4n) is 1.02. The van der Waals surface area contributed by atoms with Crippen LogP contribution >= 0.6 is 11.8 Å². The first-order valence-electron chi connectivity index (χ1n) is 5.06. The van der Waals surface area contributed by atoms with Crippen molar-refractivity contribution in [1.82, 2.24) is 4.98 Å². The highest BCUT2D eigenvalue weighted by molar-refractivity contribution is 7.99. The molecule has 0 aromatic carbocycles. The normalized spacial score (nSPS) is 14.7. The Morgan fingerprint density at radius 2 is 2.20 bits per heavy atom. The zero-order chi connectivity index (χ0) is 11.3. The molecular weight excluding hydrogens is 208 g/mol. The van der Waals surface area contributed by atoms with E-state index in [1.165, 1.54) is 5.56 Å². The maximum atomic E-state index is 9.33. The van der Waals surface area contributed by atoms with Gasteiger partial charge in [0.15, 0.2) is 0 Å². The highest BCUT2D eigenvalue weighted by Gasteiger charge is 2.08. The highest BCUT2D eigenvalue weighted by Crippen LogP contribution is 2.20. The third-order valence-corrected chi connectivity index (χ3v) is 3.69. The van der Waals surface area contributed by atoms with Crippen molar-refractivity contribution in [3.05, 3.63) is 23.9 Å². The second kappa shape index (κ2) is 5.98. The summed E-state index contributed by atoms with van der Waals surface area (Å²) in [5, 5.41) is 12.6. The van der Waals surface area contributed by atoms with Crippen LogP contribution in [0.5, 0.6) is 0 Å². The molecule has 0 aliphatic heterocycles. The van der Waals surface area contributed by atoms with Crippen LogP contribution in [0.1, 0.15) is 19.4 Å². The van der Waals surface area contributed by atoms with E-state index in [9.17, 15) is 5.11 Å². The number of thioether (sulfide) groups is 1. The van der Waals surface area contributed by atoms with Crippen LogP contribution in [0.4, 0.5) is 5.82 Å². The molecular formula is C11H18N2OS. The molecule has 0 radical (unpaired) electrons.